The highest BCUT2D eigenvalue weighted by atomic mass is 35.5. The summed E-state index contributed by atoms with van der Waals surface area (Å²) in [5.74, 6) is -0.368. The molecule has 0 saturated heterocycles. The van der Waals surface area contributed by atoms with Crippen LogP contribution in [0.2, 0.25) is 10.0 Å². The summed E-state index contributed by atoms with van der Waals surface area (Å²) >= 11 is 12.3. The second-order valence-electron chi connectivity index (χ2n) is 6.34. The lowest BCUT2D eigenvalue weighted by atomic mass is 10.1. The van der Waals surface area contributed by atoms with Gasteiger partial charge in [0, 0.05) is 30.4 Å². The summed E-state index contributed by atoms with van der Waals surface area (Å²) in [4.78, 5) is 17.3. The van der Waals surface area contributed by atoms with Crippen LogP contribution in [0.1, 0.15) is 22.8 Å². The van der Waals surface area contributed by atoms with Gasteiger partial charge < -0.3 is 16.0 Å². The number of halogens is 2. The van der Waals surface area contributed by atoms with Gasteiger partial charge in [0.25, 0.3) is 5.91 Å². The minimum atomic E-state index is -0.368. The van der Waals surface area contributed by atoms with E-state index in [1.807, 2.05) is 25.1 Å². The Hall–Kier alpha value is -2.34. The zero-order valence-electron chi connectivity index (χ0n) is 15.8. The van der Waals surface area contributed by atoms with Crippen LogP contribution in [-0.2, 0) is 0 Å². The minimum absolute atomic E-state index is 0.250. The molecule has 3 aromatic rings. The number of aromatic nitrogens is 1. The normalized spacial score (nSPS) is 10.9. The van der Waals surface area contributed by atoms with E-state index >= 15 is 0 Å². The van der Waals surface area contributed by atoms with Crippen LogP contribution in [0.5, 0.6) is 0 Å². The number of carbonyl (C=O) groups excluding carboxylic acids is 1. The Kier molecular flexibility index (Phi) is 6.73. The predicted octanol–water partition coefficient (Wildman–Crippen LogP) is 5.12. The van der Waals surface area contributed by atoms with Gasteiger partial charge in [0.15, 0.2) is 0 Å². The molecule has 146 valence electrons. The number of rotatable bonds is 7. The predicted molar refractivity (Wildman–Crippen MR) is 118 cm³/mol. The lowest BCUT2D eigenvalue weighted by molar-refractivity contribution is 0.102. The fraction of sp³-hybridized carbons (Fsp3) is 0.238. The number of pyridine rings is 1. The molecular formula is C21H22Cl2N4O. The van der Waals surface area contributed by atoms with Crippen LogP contribution in [-0.4, -0.2) is 30.5 Å². The first-order chi connectivity index (χ1) is 13.5. The van der Waals surface area contributed by atoms with Crippen molar-refractivity contribution in [1.29, 1.82) is 0 Å². The molecule has 1 amide bonds. The third kappa shape index (κ3) is 4.38. The van der Waals surface area contributed by atoms with Gasteiger partial charge in [0.2, 0.25) is 0 Å². The number of nitrogens with zero attached hydrogens (tertiary/aromatic N) is 1. The number of likely N-dealkylation sites (N-methyl/N-ethyl adjacent to an activating group) is 1. The molecule has 0 bridgehead atoms. The van der Waals surface area contributed by atoms with Gasteiger partial charge in [-0.3, -0.25) is 9.78 Å². The molecule has 3 rings (SSSR count). The Bertz CT molecular complexity index is 987. The molecule has 1 heterocycles. The fourth-order valence-electron chi connectivity index (χ4n) is 3.05. The number of aryl methyl sites for hydroxylation is 1. The van der Waals surface area contributed by atoms with E-state index in [0.29, 0.717) is 21.2 Å². The third-order valence-corrected chi connectivity index (χ3v) is 5.04. The zero-order chi connectivity index (χ0) is 20.1. The molecule has 0 radical (unpaired) electrons. The van der Waals surface area contributed by atoms with Crippen LogP contribution in [0.25, 0.3) is 10.9 Å². The summed E-state index contributed by atoms with van der Waals surface area (Å²) in [7, 11) is 0. The molecule has 0 aliphatic carbocycles. The molecule has 0 saturated carbocycles. The van der Waals surface area contributed by atoms with Gasteiger partial charge in [-0.05, 0) is 43.3 Å². The Labute approximate surface area is 174 Å². The van der Waals surface area contributed by atoms with E-state index in [1.54, 1.807) is 24.4 Å². The fourth-order valence-corrected chi connectivity index (χ4v) is 3.61. The van der Waals surface area contributed by atoms with Gasteiger partial charge in [-0.1, -0.05) is 42.3 Å². The molecule has 0 aliphatic heterocycles. The van der Waals surface area contributed by atoms with Crippen molar-refractivity contribution < 1.29 is 4.79 Å². The van der Waals surface area contributed by atoms with Gasteiger partial charge in [0.05, 0.1) is 26.8 Å². The summed E-state index contributed by atoms with van der Waals surface area (Å²) < 4.78 is 0. The molecular weight excluding hydrogens is 395 g/mol. The molecule has 7 heteroatoms. The first-order valence-electron chi connectivity index (χ1n) is 9.11. The monoisotopic (exact) mass is 416 g/mol. The van der Waals surface area contributed by atoms with Crippen molar-refractivity contribution in [3.8, 4) is 0 Å². The first-order valence-corrected chi connectivity index (χ1v) is 9.86. The highest BCUT2D eigenvalue weighted by molar-refractivity contribution is 6.40. The van der Waals surface area contributed by atoms with E-state index in [0.717, 1.165) is 36.3 Å². The Morgan fingerprint density at radius 2 is 1.79 bits per heavy atom. The highest BCUT2D eigenvalue weighted by Gasteiger charge is 2.17. The number of fused-ring (bicyclic) bond motifs is 1. The maximum absolute atomic E-state index is 12.8. The second-order valence-corrected chi connectivity index (χ2v) is 7.16. The maximum Gasteiger partial charge on any atom is 0.258 e. The largest absolute Gasteiger partial charge is 0.383 e. The minimum Gasteiger partial charge on any atom is -0.383 e. The maximum atomic E-state index is 12.8. The van der Waals surface area contributed by atoms with E-state index in [4.69, 9.17) is 23.2 Å². The average molecular weight is 417 g/mol. The lowest BCUT2D eigenvalue weighted by Crippen LogP contribution is -2.21. The number of hydrogen-bond donors (Lipinski definition) is 3. The number of anilines is 2. The van der Waals surface area contributed by atoms with E-state index in [9.17, 15) is 4.79 Å². The molecule has 28 heavy (non-hydrogen) atoms. The van der Waals surface area contributed by atoms with E-state index in [2.05, 4.69) is 27.9 Å². The molecule has 3 N–H and O–H groups in total. The van der Waals surface area contributed by atoms with Crippen molar-refractivity contribution in [3.63, 3.8) is 0 Å². The Balaban J connectivity index is 1.94. The van der Waals surface area contributed by atoms with Crippen molar-refractivity contribution in [1.82, 2.24) is 10.3 Å². The highest BCUT2D eigenvalue weighted by Crippen LogP contribution is 2.32. The summed E-state index contributed by atoms with van der Waals surface area (Å²) in [6.07, 6.45) is 1.73. The number of amides is 1. The van der Waals surface area contributed by atoms with Crippen LogP contribution in [0.3, 0.4) is 0 Å². The Morgan fingerprint density at radius 1 is 1.04 bits per heavy atom. The van der Waals surface area contributed by atoms with Gasteiger partial charge in [-0.15, -0.1) is 0 Å². The molecule has 0 spiro atoms. The third-order valence-electron chi connectivity index (χ3n) is 4.41. The second kappa shape index (κ2) is 9.24. The lowest BCUT2D eigenvalue weighted by Gasteiger charge is -2.15. The van der Waals surface area contributed by atoms with Crippen LogP contribution < -0.4 is 16.0 Å². The summed E-state index contributed by atoms with van der Waals surface area (Å²) in [5.41, 5.74) is 3.62. The summed E-state index contributed by atoms with van der Waals surface area (Å²) in [6, 6.07) is 10.7. The smallest absolute Gasteiger partial charge is 0.258 e. The molecule has 0 aliphatic rings. The number of nitrogens with one attached hydrogen (secondary N) is 3. The van der Waals surface area contributed by atoms with Gasteiger partial charge in [0.1, 0.15) is 0 Å². The summed E-state index contributed by atoms with van der Waals surface area (Å²) in [6.45, 7) is 6.68. The van der Waals surface area contributed by atoms with Crippen molar-refractivity contribution in [2.45, 2.75) is 13.8 Å². The van der Waals surface area contributed by atoms with Crippen molar-refractivity contribution >= 4 is 51.4 Å². The first kappa shape index (κ1) is 20.4. The summed E-state index contributed by atoms with van der Waals surface area (Å²) in [5, 5.41) is 11.2. The van der Waals surface area contributed by atoms with E-state index in [-0.39, 0.29) is 11.5 Å². The molecule has 0 unspecified atom stereocenters. The van der Waals surface area contributed by atoms with Crippen LogP contribution in [0.15, 0.2) is 42.6 Å². The SMILES string of the molecule is CCNCCNc1ccnc2c(NC(=O)c3c(Cl)cccc3Cl)ccc(C)c12. The number of carbonyl (C=O) groups is 1. The standard InChI is InChI=1S/C21H22Cl2N4O/c1-3-24-11-12-25-16-9-10-26-20-17(8-7-13(2)18(16)20)27-21(28)19-14(22)5-4-6-15(19)23/h4-10,24H,3,11-12H2,1-2H3,(H,25,26)(H,27,28). The van der Waals surface area contributed by atoms with Crippen LogP contribution in [0.4, 0.5) is 11.4 Å². The quantitative estimate of drug-likeness (QED) is 0.467. The number of benzene rings is 2. The van der Waals surface area contributed by atoms with E-state index in [1.165, 1.54) is 0 Å². The molecule has 2 aromatic carbocycles. The molecule has 0 atom stereocenters. The van der Waals surface area contributed by atoms with Crippen molar-refractivity contribution in [2.75, 3.05) is 30.3 Å². The topological polar surface area (TPSA) is 66.1 Å². The molecule has 0 fully saturated rings. The van der Waals surface area contributed by atoms with E-state index < -0.39 is 0 Å². The van der Waals surface area contributed by atoms with Gasteiger partial charge in [-0.2, -0.15) is 0 Å². The van der Waals surface area contributed by atoms with Crippen LogP contribution >= 0.6 is 23.2 Å². The number of hydrogen-bond acceptors (Lipinski definition) is 4. The molecule has 1 aromatic heterocycles. The average Bonchev–Trinajstić information content (AvgIpc) is 2.67. The Morgan fingerprint density at radius 3 is 2.50 bits per heavy atom. The van der Waals surface area contributed by atoms with Crippen molar-refractivity contribution in [3.05, 3.63) is 63.8 Å². The van der Waals surface area contributed by atoms with Gasteiger partial charge in [-0.25, -0.2) is 0 Å². The molecule has 5 nitrogen and oxygen atoms in total. The van der Waals surface area contributed by atoms with Crippen molar-refractivity contribution in [2.24, 2.45) is 0 Å². The van der Waals surface area contributed by atoms with Gasteiger partial charge >= 0.3 is 0 Å². The zero-order valence-corrected chi connectivity index (χ0v) is 17.3. The van der Waals surface area contributed by atoms with Crippen LogP contribution in [0, 0.1) is 6.92 Å².